The number of rotatable bonds is 8. The Bertz CT molecular complexity index is 1010. The fourth-order valence-corrected chi connectivity index (χ4v) is 2.85. The summed E-state index contributed by atoms with van der Waals surface area (Å²) in [5.74, 6) is -1.13. The first kappa shape index (κ1) is 21.5. The number of benzene rings is 1. The van der Waals surface area contributed by atoms with E-state index in [9.17, 15) is 18.4 Å². The van der Waals surface area contributed by atoms with Crippen molar-refractivity contribution in [2.24, 2.45) is 0 Å². The summed E-state index contributed by atoms with van der Waals surface area (Å²) < 4.78 is 34.0. The van der Waals surface area contributed by atoms with Crippen molar-refractivity contribution in [3.05, 3.63) is 98.4 Å². The molecule has 0 aliphatic carbocycles. The number of halogens is 3. The summed E-state index contributed by atoms with van der Waals surface area (Å²) in [6.07, 6.45) is 6.83. The largest absolute Gasteiger partial charge is 0.487 e. The maximum absolute atomic E-state index is 13.7. The zero-order valence-electron chi connectivity index (χ0n) is 15.1. The molecule has 28 heavy (non-hydrogen) atoms. The fraction of sp³-hybridized carbons (Fsp3) is 0.143. The normalized spacial score (nSPS) is 11.6. The minimum Gasteiger partial charge on any atom is -0.487 e. The van der Waals surface area contributed by atoms with E-state index < -0.39 is 11.6 Å². The lowest BCUT2D eigenvalue weighted by Crippen LogP contribution is -2.24. The van der Waals surface area contributed by atoms with Gasteiger partial charge in [-0.3, -0.25) is 9.59 Å². The van der Waals surface area contributed by atoms with Gasteiger partial charge in [0.15, 0.2) is 0 Å². The molecule has 1 aromatic heterocycles. The Balaban J connectivity index is 2.27. The first-order valence-electron chi connectivity index (χ1n) is 8.27. The predicted molar refractivity (Wildman–Crippen MR) is 107 cm³/mol. The van der Waals surface area contributed by atoms with Gasteiger partial charge in [-0.2, -0.15) is 0 Å². The Morgan fingerprint density at radius 3 is 2.68 bits per heavy atom. The van der Waals surface area contributed by atoms with Crippen LogP contribution in [-0.2, 0) is 17.9 Å². The lowest BCUT2D eigenvalue weighted by atomic mass is 10.2. The zero-order chi connectivity index (χ0) is 20.7. The van der Waals surface area contributed by atoms with Gasteiger partial charge in [-0.05, 0) is 46.6 Å². The lowest BCUT2D eigenvalue weighted by molar-refractivity contribution is -0.104. The molecule has 0 N–H and O–H groups in total. The van der Waals surface area contributed by atoms with Crippen LogP contribution in [0.2, 0.25) is 0 Å². The number of aromatic nitrogens is 1. The lowest BCUT2D eigenvalue weighted by Gasteiger charge is -2.15. The van der Waals surface area contributed by atoms with Gasteiger partial charge in [0, 0.05) is 23.4 Å². The first-order chi connectivity index (χ1) is 13.4. The number of carbonyl (C=O) groups is 1. The van der Waals surface area contributed by atoms with Crippen LogP contribution in [0.3, 0.4) is 0 Å². The summed E-state index contributed by atoms with van der Waals surface area (Å²) in [5.41, 5.74) is 1.20. The van der Waals surface area contributed by atoms with Crippen LogP contribution in [-0.4, -0.2) is 10.9 Å². The van der Waals surface area contributed by atoms with Crippen molar-refractivity contribution >= 4 is 22.2 Å². The molecule has 1 aromatic carbocycles. The van der Waals surface area contributed by atoms with Crippen LogP contribution < -0.4 is 10.3 Å². The van der Waals surface area contributed by atoms with E-state index in [2.05, 4.69) is 22.5 Å². The third-order valence-electron chi connectivity index (χ3n) is 3.92. The summed E-state index contributed by atoms with van der Waals surface area (Å²) >= 11 is 3.23. The van der Waals surface area contributed by atoms with Crippen molar-refractivity contribution in [3.63, 3.8) is 0 Å². The second kappa shape index (κ2) is 9.94. The molecule has 0 aliphatic heterocycles. The molecule has 0 saturated heterocycles. The van der Waals surface area contributed by atoms with Gasteiger partial charge in [0.25, 0.3) is 5.56 Å². The number of hydrogen-bond donors (Lipinski definition) is 0. The van der Waals surface area contributed by atoms with Crippen LogP contribution >= 0.6 is 15.9 Å². The Hall–Kier alpha value is -2.80. The van der Waals surface area contributed by atoms with E-state index in [0.29, 0.717) is 12.0 Å². The van der Waals surface area contributed by atoms with Gasteiger partial charge in [0.05, 0.1) is 6.54 Å². The van der Waals surface area contributed by atoms with E-state index in [-0.39, 0.29) is 34.5 Å². The molecule has 0 spiro atoms. The number of hydrogen-bond acceptors (Lipinski definition) is 3. The molecule has 4 nitrogen and oxygen atoms in total. The Labute approximate surface area is 169 Å². The molecule has 0 bridgehead atoms. The molecular formula is C21H18BrF2NO3. The highest BCUT2D eigenvalue weighted by molar-refractivity contribution is 9.10. The monoisotopic (exact) mass is 449 g/mol. The van der Waals surface area contributed by atoms with E-state index >= 15 is 0 Å². The topological polar surface area (TPSA) is 48.3 Å². The quantitative estimate of drug-likeness (QED) is 0.335. The van der Waals surface area contributed by atoms with Gasteiger partial charge >= 0.3 is 0 Å². The smallest absolute Gasteiger partial charge is 0.269 e. The molecule has 0 amide bonds. The number of pyridine rings is 1. The van der Waals surface area contributed by atoms with E-state index in [1.54, 1.807) is 31.2 Å². The zero-order valence-corrected chi connectivity index (χ0v) is 16.7. The summed E-state index contributed by atoms with van der Waals surface area (Å²) in [4.78, 5) is 23.1. The highest BCUT2D eigenvalue weighted by Crippen LogP contribution is 2.24. The van der Waals surface area contributed by atoms with Crippen LogP contribution in [0.1, 0.15) is 11.3 Å². The van der Waals surface area contributed by atoms with Crippen molar-refractivity contribution in [1.82, 2.24) is 4.57 Å². The van der Waals surface area contributed by atoms with E-state index in [0.717, 1.165) is 17.7 Å². The van der Waals surface area contributed by atoms with Crippen molar-refractivity contribution in [2.45, 2.75) is 20.1 Å². The average molecular weight is 450 g/mol. The molecule has 0 unspecified atom stereocenters. The molecule has 1 heterocycles. The van der Waals surface area contributed by atoms with Gasteiger partial charge in [-0.25, -0.2) is 8.78 Å². The van der Waals surface area contributed by atoms with Crippen LogP contribution in [0.25, 0.3) is 0 Å². The average Bonchev–Trinajstić information content (AvgIpc) is 2.66. The number of aldehydes is 1. The third kappa shape index (κ3) is 5.36. The highest BCUT2D eigenvalue weighted by atomic mass is 79.9. The minimum absolute atomic E-state index is 0.151. The van der Waals surface area contributed by atoms with Gasteiger partial charge in [-0.1, -0.05) is 24.8 Å². The molecular weight excluding hydrogens is 432 g/mol. The van der Waals surface area contributed by atoms with Crippen molar-refractivity contribution in [1.29, 1.82) is 0 Å². The third-order valence-corrected chi connectivity index (χ3v) is 4.65. The number of nitrogens with zero attached hydrogens (tertiary/aromatic N) is 1. The van der Waals surface area contributed by atoms with Crippen molar-refractivity contribution in [3.8, 4) is 5.75 Å². The second-order valence-electron chi connectivity index (χ2n) is 5.85. The summed E-state index contributed by atoms with van der Waals surface area (Å²) in [6.45, 7) is 5.55. The van der Waals surface area contributed by atoms with Crippen molar-refractivity contribution in [2.75, 3.05) is 0 Å². The molecule has 0 saturated carbocycles. The van der Waals surface area contributed by atoms with Crippen LogP contribution in [0, 0.1) is 18.6 Å². The van der Waals surface area contributed by atoms with E-state index in [1.165, 1.54) is 16.7 Å². The van der Waals surface area contributed by atoms with Gasteiger partial charge < -0.3 is 9.30 Å². The second-order valence-corrected chi connectivity index (χ2v) is 6.64. The Morgan fingerprint density at radius 2 is 2.04 bits per heavy atom. The maximum atomic E-state index is 13.7. The molecule has 2 rings (SSSR count). The molecule has 0 atom stereocenters. The molecule has 146 valence electrons. The molecule has 0 fully saturated rings. The highest BCUT2D eigenvalue weighted by Gasteiger charge is 2.14. The Kier molecular flexibility index (Phi) is 7.63. The molecule has 0 radical (unpaired) electrons. The van der Waals surface area contributed by atoms with Gasteiger partial charge in [0.2, 0.25) is 0 Å². The Morgan fingerprint density at radius 1 is 1.29 bits per heavy atom. The number of ether oxygens (including phenoxy) is 1. The van der Waals surface area contributed by atoms with Gasteiger partial charge in [-0.15, -0.1) is 0 Å². The SMILES string of the molecule is C=C/C(=C\C=C\C=O)Cn1c(C)cc(OCc2ccc(F)cc2F)c(Br)c1=O. The maximum Gasteiger partial charge on any atom is 0.269 e. The first-order valence-corrected chi connectivity index (χ1v) is 9.06. The van der Waals surface area contributed by atoms with Crippen LogP contribution in [0.5, 0.6) is 5.75 Å². The number of aryl methyl sites for hydroxylation is 1. The van der Waals surface area contributed by atoms with Gasteiger partial charge in [0.1, 0.15) is 34.7 Å². The number of allylic oxidation sites excluding steroid dienone is 5. The van der Waals surface area contributed by atoms with Crippen molar-refractivity contribution < 1.29 is 18.3 Å². The summed E-state index contributed by atoms with van der Waals surface area (Å²) in [5, 5.41) is 0. The summed E-state index contributed by atoms with van der Waals surface area (Å²) in [7, 11) is 0. The molecule has 0 aliphatic rings. The standard InChI is InChI=1S/C21H18BrF2NO3/c1-3-15(6-4-5-9-26)12-25-14(2)10-19(20(22)21(25)27)28-13-16-7-8-17(23)11-18(16)24/h3-11H,1,12-13H2,2H3/b5-4+,15-6+. The van der Waals surface area contributed by atoms with Crippen LogP contribution in [0.4, 0.5) is 8.78 Å². The number of carbonyl (C=O) groups excluding carboxylic acids is 1. The fourth-order valence-electron chi connectivity index (χ4n) is 2.40. The van der Waals surface area contributed by atoms with Crippen LogP contribution in [0.15, 0.2) is 70.0 Å². The molecule has 7 heteroatoms. The van der Waals surface area contributed by atoms with E-state index in [1.807, 2.05) is 0 Å². The summed E-state index contributed by atoms with van der Waals surface area (Å²) in [6, 6.07) is 4.86. The van der Waals surface area contributed by atoms with E-state index in [4.69, 9.17) is 4.74 Å². The minimum atomic E-state index is -0.717. The molecule has 2 aromatic rings. The predicted octanol–water partition coefficient (Wildman–Crippen LogP) is 4.64.